The maximum Gasteiger partial charge on any atom is 0.209 e. The molecular weight excluding hydrogens is 440 g/mol. The number of benzene rings is 3. The van der Waals surface area contributed by atoms with Gasteiger partial charge < -0.3 is 9.64 Å². The summed E-state index contributed by atoms with van der Waals surface area (Å²) in [7, 11) is 0. The second-order valence-corrected chi connectivity index (χ2v) is 10.9. The standard InChI is InChI=1S/C33H39N2O/c1-7-34-28-17-12-11-16-26(28)32(3,4)30(34)18-13-19-31-33(5,6)27-22-24-14-9-10-15-25(24)23-29(27)35(31)20-21-36-8-2/h9-19,22-23H,7-8,20-21H2,1-6H3/q+1. The van der Waals surface area contributed by atoms with E-state index in [0.717, 1.165) is 19.7 Å². The molecule has 0 saturated heterocycles. The van der Waals surface area contributed by atoms with Crippen LogP contribution in [0.1, 0.15) is 52.7 Å². The van der Waals surface area contributed by atoms with Gasteiger partial charge in [-0.1, -0.05) is 62.4 Å². The highest BCUT2D eigenvalue weighted by atomic mass is 16.5. The summed E-state index contributed by atoms with van der Waals surface area (Å²) in [6.45, 7) is 16.9. The molecule has 0 atom stereocenters. The van der Waals surface area contributed by atoms with E-state index >= 15 is 0 Å². The summed E-state index contributed by atoms with van der Waals surface area (Å²) in [5.41, 5.74) is 7.96. The Morgan fingerprint density at radius 2 is 1.56 bits per heavy atom. The van der Waals surface area contributed by atoms with Gasteiger partial charge in [-0.15, -0.1) is 0 Å². The van der Waals surface area contributed by atoms with Gasteiger partial charge in [0.1, 0.15) is 6.54 Å². The van der Waals surface area contributed by atoms with Gasteiger partial charge in [-0.3, -0.25) is 0 Å². The van der Waals surface area contributed by atoms with E-state index in [-0.39, 0.29) is 10.8 Å². The minimum atomic E-state index is -0.0980. The van der Waals surface area contributed by atoms with Gasteiger partial charge in [0.05, 0.1) is 12.0 Å². The summed E-state index contributed by atoms with van der Waals surface area (Å²) < 4.78 is 8.25. The molecule has 0 fully saturated rings. The molecule has 0 radical (unpaired) electrons. The van der Waals surface area contributed by atoms with Gasteiger partial charge in [-0.2, -0.15) is 4.58 Å². The minimum Gasteiger partial charge on any atom is -0.380 e. The van der Waals surface area contributed by atoms with Crippen LogP contribution in [-0.2, 0) is 15.6 Å². The molecule has 0 amide bonds. The number of fused-ring (bicyclic) bond motifs is 3. The van der Waals surface area contributed by atoms with Crippen LogP contribution >= 0.6 is 0 Å². The highest BCUT2D eigenvalue weighted by Gasteiger charge is 2.44. The van der Waals surface area contributed by atoms with Crippen LogP contribution in [0.4, 0.5) is 11.4 Å². The zero-order valence-electron chi connectivity index (χ0n) is 22.6. The van der Waals surface area contributed by atoms with Crippen LogP contribution in [0, 0.1) is 0 Å². The Labute approximate surface area is 216 Å². The Kier molecular flexibility index (Phi) is 6.38. The summed E-state index contributed by atoms with van der Waals surface area (Å²) >= 11 is 0. The molecule has 2 aliphatic rings. The van der Waals surface area contributed by atoms with Crippen molar-refractivity contribution in [2.75, 3.05) is 31.2 Å². The van der Waals surface area contributed by atoms with E-state index in [1.54, 1.807) is 0 Å². The topological polar surface area (TPSA) is 15.5 Å². The number of hydrogen-bond donors (Lipinski definition) is 0. The zero-order valence-corrected chi connectivity index (χ0v) is 22.6. The fraction of sp³-hybridized carbons (Fsp3) is 0.364. The molecule has 0 bridgehead atoms. The molecule has 0 spiro atoms. The zero-order chi connectivity index (χ0) is 25.5. The maximum absolute atomic E-state index is 5.79. The quantitative estimate of drug-likeness (QED) is 0.257. The largest absolute Gasteiger partial charge is 0.380 e. The lowest BCUT2D eigenvalue weighted by atomic mass is 9.81. The average molecular weight is 480 g/mol. The van der Waals surface area contributed by atoms with Crippen molar-refractivity contribution in [3.8, 4) is 0 Å². The van der Waals surface area contributed by atoms with E-state index < -0.39 is 0 Å². The predicted octanol–water partition coefficient (Wildman–Crippen LogP) is 7.51. The van der Waals surface area contributed by atoms with Crippen LogP contribution in [-0.4, -0.2) is 36.6 Å². The Bertz CT molecular complexity index is 1390. The van der Waals surface area contributed by atoms with Gasteiger partial charge in [0.2, 0.25) is 5.69 Å². The molecule has 0 unspecified atom stereocenters. The van der Waals surface area contributed by atoms with E-state index in [4.69, 9.17) is 4.74 Å². The van der Waals surface area contributed by atoms with Gasteiger partial charge >= 0.3 is 0 Å². The number of ether oxygens (including phenoxy) is 1. The molecule has 3 aromatic rings. The van der Waals surface area contributed by atoms with Crippen LogP contribution in [0.3, 0.4) is 0 Å². The van der Waals surface area contributed by atoms with Gasteiger partial charge in [-0.05, 0) is 62.2 Å². The van der Waals surface area contributed by atoms with Crippen molar-refractivity contribution in [2.45, 2.75) is 52.4 Å². The molecule has 0 aromatic heterocycles. The number of nitrogens with zero attached hydrogens (tertiary/aromatic N) is 2. The molecule has 0 N–H and O–H groups in total. The van der Waals surface area contributed by atoms with Crippen LogP contribution in [0.2, 0.25) is 0 Å². The highest BCUT2D eigenvalue weighted by molar-refractivity contribution is 6.03. The lowest BCUT2D eigenvalue weighted by molar-refractivity contribution is -0.433. The first-order chi connectivity index (χ1) is 17.3. The molecule has 2 aliphatic heterocycles. The fourth-order valence-electron chi connectivity index (χ4n) is 6.11. The van der Waals surface area contributed by atoms with Gasteiger partial charge in [-0.25, -0.2) is 0 Å². The van der Waals surface area contributed by atoms with Crippen molar-refractivity contribution in [1.82, 2.24) is 0 Å². The van der Waals surface area contributed by atoms with Crippen LogP contribution < -0.4 is 4.90 Å². The molecule has 3 heteroatoms. The van der Waals surface area contributed by atoms with E-state index in [0.29, 0.717) is 6.61 Å². The van der Waals surface area contributed by atoms with Crippen molar-refractivity contribution >= 4 is 27.9 Å². The molecule has 2 heterocycles. The Morgan fingerprint density at radius 1 is 0.861 bits per heavy atom. The smallest absolute Gasteiger partial charge is 0.209 e. The van der Waals surface area contributed by atoms with Crippen molar-refractivity contribution < 1.29 is 9.31 Å². The van der Waals surface area contributed by atoms with E-state index in [1.807, 2.05) is 0 Å². The first-order valence-electron chi connectivity index (χ1n) is 13.3. The monoisotopic (exact) mass is 479 g/mol. The van der Waals surface area contributed by atoms with Crippen molar-refractivity contribution in [3.63, 3.8) is 0 Å². The van der Waals surface area contributed by atoms with Gasteiger partial charge in [0, 0.05) is 47.7 Å². The summed E-state index contributed by atoms with van der Waals surface area (Å²) in [6, 6.07) is 22.2. The van der Waals surface area contributed by atoms with Gasteiger partial charge in [0.15, 0.2) is 5.71 Å². The molecule has 0 saturated carbocycles. The Balaban J connectivity index is 1.57. The Morgan fingerprint density at radius 3 is 2.28 bits per heavy atom. The second-order valence-electron chi connectivity index (χ2n) is 10.9. The van der Waals surface area contributed by atoms with Crippen LogP contribution in [0.25, 0.3) is 10.8 Å². The number of rotatable bonds is 7. The summed E-state index contributed by atoms with van der Waals surface area (Å²) in [4.78, 5) is 2.47. The molecule has 3 aromatic carbocycles. The average Bonchev–Trinajstić information content (AvgIpc) is 3.21. The Hall–Kier alpha value is -3.17. The van der Waals surface area contributed by atoms with Crippen LogP contribution in [0.5, 0.6) is 0 Å². The summed E-state index contributed by atoms with van der Waals surface area (Å²) in [5.74, 6) is 0. The van der Waals surface area contributed by atoms with Gasteiger partial charge in [0.25, 0.3) is 0 Å². The third kappa shape index (κ3) is 3.90. The van der Waals surface area contributed by atoms with Crippen molar-refractivity contribution in [2.24, 2.45) is 0 Å². The molecule has 186 valence electrons. The third-order valence-electron chi connectivity index (χ3n) is 8.05. The summed E-state index contributed by atoms with van der Waals surface area (Å²) in [6.07, 6.45) is 6.92. The first kappa shape index (κ1) is 24.5. The minimum absolute atomic E-state index is 0.0257. The molecule has 0 aliphatic carbocycles. The van der Waals surface area contributed by atoms with E-state index in [9.17, 15) is 0 Å². The molecule has 36 heavy (non-hydrogen) atoms. The fourth-order valence-corrected chi connectivity index (χ4v) is 6.11. The number of anilines is 1. The van der Waals surface area contributed by atoms with Crippen molar-refractivity contribution in [3.05, 3.63) is 95.7 Å². The number of hydrogen-bond acceptors (Lipinski definition) is 2. The number of para-hydroxylation sites is 1. The normalized spacial score (nSPS) is 19.1. The predicted molar refractivity (Wildman–Crippen MR) is 153 cm³/mol. The first-order valence-corrected chi connectivity index (χ1v) is 13.3. The maximum atomic E-state index is 5.79. The lowest BCUT2D eigenvalue weighted by Crippen LogP contribution is -2.29. The van der Waals surface area contributed by atoms with E-state index in [2.05, 4.69) is 130 Å². The van der Waals surface area contributed by atoms with E-state index in [1.165, 1.54) is 44.7 Å². The molecular formula is C33H39N2O+. The molecule has 3 nitrogen and oxygen atoms in total. The molecule has 5 rings (SSSR count). The summed E-state index contributed by atoms with van der Waals surface area (Å²) in [5, 5.41) is 2.58. The van der Waals surface area contributed by atoms with Crippen molar-refractivity contribution in [1.29, 1.82) is 0 Å². The lowest BCUT2D eigenvalue weighted by Gasteiger charge is -2.27. The van der Waals surface area contributed by atoms with Crippen LogP contribution in [0.15, 0.2) is 84.6 Å². The second kappa shape index (κ2) is 9.37. The SMILES string of the molecule is CCOCCN1C(=CC=CC2=[N+](CC)c3ccccc3C2(C)C)C(C)(C)c2cc3ccccc3cc21. The number of allylic oxidation sites excluding steroid dienone is 4. The third-order valence-corrected chi connectivity index (χ3v) is 8.05. The highest BCUT2D eigenvalue weighted by Crippen LogP contribution is 2.49.